The van der Waals surface area contributed by atoms with Crippen LogP contribution in [0.25, 0.3) is 0 Å². The SMILES string of the molecule is Cl.O=C(COC1CCCCN1C(=O)NC1CCNCC1)c1ccccc1. The van der Waals surface area contributed by atoms with Gasteiger partial charge in [-0.15, -0.1) is 12.4 Å². The Morgan fingerprint density at radius 3 is 2.58 bits per heavy atom. The maximum atomic E-state index is 12.6. The standard InChI is InChI=1S/C19H27N3O3.ClH/c23-17(15-6-2-1-3-7-15)14-25-18-8-4-5-13-22(18)19(24)21-16-9-11-20-12-10-16;/h1-3,6-7,16,18,20H,4-5,8-14H2,(H,21,24);1H. The number of urea groups is 1. The fourth-order valence-corrected chi connectivity index (χ4v) is 3.41. The molecule has 2 amide bonds. The summed E-state index contributed by atoms with van der Waals surface area (Å²) in [6, 6.07) is 9.29. The van der Waals surface area contributed by atoms with E-state index in [1.807, 2.05) is 18.2 Å². The van der Waals surface area contributed by atoms with Gasteiger partial charge in [0.2, 0.25) is 0 Å². The average Bonchev–Trinajstić information content (AvgIpc) is 2.68. The number of carbonyl (C=O) groups excluding carboxylic acids is 2. The number of piperidine rings is 2. The van der Waals surface area contributed by atoms with Crippen LogP contribution in [0.1, 0.15) is 42.5 Å². The van der Waals surface area contributed by atoms with Crippen LogP contribution in [0.15, 0.2) is 30.3 Å². The van der Waals surface area contributed by atoms with Gasteiger partial charge < -0.3 is 15.4 Å². The van der Waals surface area contributed by atoms with Crippen molar-refractivity contribution in [1.29, 1.82) is 0 Å². The molecule has 0 radical (unpaired) electrons. The highest BCUT2D eigenvalue weighted by molar-refractivity contribution is 5.97. The number of ketones is 1. The van der Waals surface area contributed by atoms with Crippen molar-refractivity contribution in [2.45, 2.75) is 44.4 Å². The zero-order valence-corrected chi connectivity index (χ0v) is 15.8. The number of hydrogen-bond acceptors (Lipinski definition) is 4. The third-order valence-electron chi connectivity index (χ3n) is 4.88. The maximum Gasteiger partial charge on any atom is 0.319 e. The number of benzene rings is 1. The summed E-state index contributed by atoms with van der Waals surface area (Å²) in [6.07, 6.45) is 4.37. The minimum absolute atomic E-state index is 0. The topological polar surface area (TPSA) is 70.7 Å². The molecule has 3 rings (SSSR count). The van der Waals surface area contributed by atoms with E-state index in [1.54, 1.807) is 17.0 Å². The van der Waals surface area contributed by atoms with E-state index in [0.29, 0.717) is 12.1 Å². The number of nitrogens with one attached hydrogen (secondary N) is 2. The van der Waals surface area contributed by atoms with Gasteiger partial charge in [0.1, 0.15) is 12.8 Å². The maximum absolute atomic E-state index is 12.6. The van der Waals surface area contributed by atoms with Crippen molar-refractivity contribution >= 4 is 24.2 Å². The lowest BCUT2D eigenvalue weighted by atomic mass is 10.1. The van der Waals surface area contributed by atoms with Crippen LogP contribution in [0, 0.1) is 0 Å². The Morgan fingerprint density at radius 1 is 1.12 bits per heavy atom. The first-order chi connectivity index (χ1) is 12.2. The highest BCUT2D eigenvalue weighted by Gasteiger charge is 2.29. The van der Waals surface area contributed by atoms with E-state index in [1.165, 1.54) is 0 Å². The van der Waals surface area contributed by atoms with Crippen molar-refractivity contribution in [2.75, 3.05) is 26.2 Å². The first-order valence-corrected chi connectivity index (χ1v) is 9.22. The third-order valence-corrected chi connectivity index (χ3v) is 4.88. The summed E-state index contributed by atoms with van der Waals surface area (Å²) in [5.41, 5.74) is 0.643. The summed E-state index contributed by atoms with van der Waals surface area (Å²) in [7, 11) is 0. The Kier molecular flexibility index (Phi) is 8.35. The van der Waals surface area contributed by atoms with Crippen molar-refractivity contribution in [3.05, 3.63) is 35.9 Å². The van der Waals surface area contributed by atoms with Crippen LogP contribution < -0.4 is 10.6 Å². The molecule has 2 N–H and O–H groups in total. The van der Waals surface area contributed by atoms with Crippen LogP contribution in [-0.2, 0) is 4.74 Å². The second-order valence-electron chi connectivity index (χ2n) is 6.72. The summed E-state index contributed by atoms with van der Waals surface area (Å²) in [5, 5.41) is 6.42. The fraction of sp³-hybridized carbons (Fsp3) is 0.579. The quantitative estimate of drug-likeness (QED) is 0.769. The minimum atomic E-state index is -0.317. The molecule has 26 heavy (non-hydrogen) atoms. The van der Waals surface area contributed by atoms with Gasteiger partial charge in [-0.25, -0.2) is 4.79 Å². The first-order valence-electron chi connectivity index (χ1n) is 9.22. The van der Waals surface area contributed by atoms with Gasteiger partial charge >= 0.3 is 6.03 Å². The summed E-state index contributed by atoms with van der Waals surface area (Å²) in [5.74, 6) is -0.0510. The summed E-state index contributed by atoms with van der Waals surface area (Å²) < 4.78 is 5.83. The number of amides is 2. The normalized spacial score (nSPS) is 20.9. The molecule has 2 heterocycles. The zero-order valence-electron chi connectivity index (χ0n) is 15.0. The molecule has 2 saturated heterocycles. The van der Waals surface area contributed by atoms with Crippen LogP contribution in [0.4, 0.5) is 4.79 Å². The molecule has 2 aliphatic rings. The van der Waals surface area contributed by atoms with Crippen molar-refractivity contribution < 1.29 is 14.3 Å². The number of nitrogens with zero attached hydrogens (tertiary/aromatic N) is 1. The molecule has 1 atom stereocenters. The molecule has 0 saturated carbocycles. The Bertz CT molecular complexity index is 579. The second-order valence-corrected chi connectivity index (χ2v) is 6.72. The predicted octanol–water partition coefficient (Wildman–Crippen LogP) is 2.58. The van der Waals surface area contributed by atoms with Crippen molar-refractivity contribution in [3.8, 4) is 0 Å². The van der Waals surface area contributed by atoms with Gasteiger partial charge in [-0.1, -0.05) is 30.3 Å². The van der Waals surface area contributed by atoms with Crippen LogP contribution in [0.2, 0.25) is 0 Å². The molecule has 1 aromatic rings. The van der Waals surface area contributed by atoms with E-state index < -0.39 is 0 Å². The van der Waals surface area contributed by atoms with Crippen molar-refractivity contribution in [3.63, 3.8) is 0 Å². The smallest absolute Gasteiger partial charge is 0.319 e. The summed E-state index contributed by atoms with van der Waals surface area (Å²) in [4.78, 5) is 26.6. The van der Waals surface area contributed by atoms with Crippen LogP contribution in [-0.4, -0.2) is 55.2 Å². The number of likely N-dealkylation sites (tertiary alicyclic amines) is 1. The van der Waals surface area contributed by atoms with Gasteiger partial charge in [0.25, 0.3) is 0 Å². The van der Waals surface area contributed by atoms with E-state index in [0.717, 1.165) is 45.2 Å². The lowest BCUT2D eigenvalue weighted by molar-refractivity contribution is -0.0497. The Labute approximate surface area is 161 Å². The molecule has 144 valence electrons. The Balaban J connectivity index is 0.00000243. The molecule has 0 aromatic heterocycles. The summed E-state index contributed by atoms with van der Waals surface area (Å²) >= 11 is 0. The van der Waals surface area contributed by atoms with E-state index in [9.17, 15) is 9.59 Å². The number of halogens is 1. The van der Waals surface area contributed by atoms with Gasteiger partial charge in [0.15, 0.2) is 5.78 Å². The highest BCUT2D eigenvalue weighted by atomic mass is 35.5. The molecule has 0 spiro atoms. The first kappa shape index (κ1) is 20.7. The fourth-order valence-electron chi connectivity index (χ4n) is 3.41. The highest BCUT2D eigenvalue weighted by Crippen LogP contribution is 2.19. The number of rotatable bonds is 5. The van der Waals surface area contributed by atoms with E-state index in [-0.39, 0.29) is 43.1 Å². The molecule has 0 bridgehead atoms. The molecule has 1 unspecified atom stereocenters. The van der Waals surface area contributed by atoms with Crippen LogP contribution in [0.5, 0.6) is 0 Å². The largest absolute Gasteiger partial charge is 0.350 e. The Morgan fingerprint density at radius 2 is 1.85 bits per heavy atom. The molecule has 0 aliphatic carbocycles. The minimum Gasteiger partial charge on any atom is -0.350 e. The van der Waals surface area contributed by atoms with Crippen molar-refractivity contribution in [2.24, 2.45) is 0 Å². The lowest BCUT2D eigenvalue weighted by Crippen LogP contribution is -2.53. The van der Waals surface area contributed by atoms with Gasteiger partial charge in [-0.05, 0) is 45.2 Å². The van der Waals surface area contributed by atoms with Gasteiger partial charge in [-0.3, -0.25) is 9.69 Å². The molecule has 2 aliphatic heterocycles. The molecule has 2 fully saturated rings. The molecule has 1 aromatic carbocycles. The molecule has 6 nitrogen and oxygen atoms in total. The zero-order chi connectivity index (χ0) is 17.5. The lowest BCUT2D eigenvalue weighted by Gasteiger charge is -2.36. The number of ether oxygens (including phenoxy) is 1. The van der Waals surface area contributed by atoms with E-state index in [4.69, 9.17) is 4.74 Å². The molecular weight excluding hydrogens is 354 g/mol. The molecule has 7 heteroatoms. The average molecular weight is 382 g/mol. The number of hydrogen-bond donors (Lipinski definition) is 2. The third kappa shape index (κ3) is 5.69. The Hall–Kier alpha value is -1.63. The number of carbonyl (C=O) groups is 2. The summed E-state index contributed by atoms with van der Waals surface area (Å²) in [6.45, 7) is 2.57. The van der Waals surface area contributed by atoms with Gasteiger partial charge in [0, 0.05) is 18.2 Å². The van der Waals surface area contributed by atoms with Crippen molar-refractivity contribution in [1.82, 2.24) is 15.5 Å². The molecular formula is C19H28ClN3O3. The van der Waals surface area contributed by atoms with E-state index in [2.05, 4.69) is 10.6 Å². The number of Topliss-reactive ketones (excluding diaryl/α,β-unsaturated/α-hetero) is 1. The van der Waals surface area contributed by atoms with Gasteiger partial charge in [0.05, 0.1) is 0 Å². The second kappa shape index (κ2) is 10.5. The van der Waals surface area contributed by atoms with E-state index >= 15 is 0 Å². The predicted molar refractivity (Wildman–Crippen MR) is 103 cm³/mol. The van der Waals surface area contributed by atoms with Gasteiger partial charge in [-0.2, -0.15) is 0 Å². The monoisotopic (exact) mass is 381 g/mol. The van der Waals surface area contributed by atoms with Crippen LogP contribution in [0.3, 0.4) is 0 Å². The van der Waals surface area contributed by atoms with Crippen LogP contribution >= 0.6 is 12.4 Å².